The monoisotopic (exact) mass is 343 g/mol. The van der Waals surface area contributed by atoms with Gasteiger partial charge in [0.2, 0.25) is 0 Å². The van der Waals surface area contributed by atoms with Gasteiger partial charge >= 0.3 is 6.18 Å². The summed E-state index contributed by atoms with van der Waals surface area (Å²) >= 11 is 8.95. The maximum absolute atomic E-state index is 12.1. The molecule has 0 saturated heterocycles. The topological polar surface area (TPSA) is 29.1 Å². The zero-order chi connectivity index (χ0) is 13.9. The van der Waals surface area contributed by atoms with E-state index < -0.39 is 24.5 Å². The number of benzene rings is 1. The molecule has 0 fully saturated rings. The first kappa shape index (κ1) is 15.3. The van der Waals surface area contributed by atoms with Gasteiger partial charge in [-0.25, -0.2) is 0 Å². The van der Waals surface area contributed by atoms with Gasteiger partial charge in [0.1, 0.15) is 0 Å². The number of hydrogen-bond donors (Lipinski definition) is 1. The molecule has 1 rings (SSSR count). The number of carbonyl (C=O) groups excluding carboxylic acids is 1. The Morgan fingerprint density at radius 1 is 1.50 bits per heavy atom. The maximum Gasteiger partial charge on any atom is 0.391 e. The molecule has 0 spiro atoms. The van der Waals surface area contributed by atoms with E-state index in [2.05, 4.69) is 21.2 Å². The van der Waals surface area contributed by atoms with Gasteiger partial charge in [0, 0.05) is 16.1 Å². The second kappa shape index (κ2) is 5.93. The predicted molar refractivity (Wildman–Crippen MR) is 66.8 cm³/mol. The second-order valence-electron chi connectivity index (χ2n) is 3.82. The molecule has 2 nitrogen and oxygen atoms in total. The first-order valence-electron chi connectivity index (χ1n) is 5.01. The van der Waals surface area contributed by atoms with Crippen molar-refractivity contribution in [3.05, 3.63) is 33.3 Å². The highest BCUT2D eigenvalue weighted by Crippen LogP contribution is 2.24. The molecule has 1 atom stereocenters. The first-order valence-corrected chi connectivity index (χ1v) is 6.19. The molecule has 1 unspecified atom stereocenters. The number of carbonyl (C=O) groups is 1. The van der Waals surface area contributed by atoms with Crippen LogP contribution in [-0.2, 0) is 0 Å². The highest BCUT2D eigenvalue weighted by molar-refractivity contribution is 9.10. The Morgan fingerprint density at radius 3 is 2.61 bits per heavy atom. The minimum absolute atomic E-state index is 0.220. The van der Waals surface area contributed by atoms with Crippen molar-refractivity contribution >= 4 is 33.4 Å². The van der Waals surface area contributed by atoms with E-state index in [0.29, 0.717) is 9.50 Å². The average molecular weight is 345 g/mol. The molecule has 100 valence electrons. The van der Waals surface area contributed by atoms with Gasteiger partial charge in [0.25, 0.3) is 5.91 Å². The largest absolute Gasteiger partial charge is 0.391 e. The van der Waals surface area contributed by atoms with Gasteiger partial charge in [-0.3, -0.25) is 4.79 Å². The van der Waals surface area contributed by atoms with Gasteiger partial charge in [-0.05, 0) is 41.1 Å². The smallest absolute Gasteiger partial charge is 0.349 e. The predicted octanol–water partition coefficient (Wildman–Crippen LogP) is 4.17. The van der Waals surface area contributed by atoms with E-state index in [-0.39, 0.29) is 5.56 Å². The number of halogens is 5. The van der Waals surface area contributed by atoms with Crippen LogP contribution in [0.3, 0.4) is 0 Å². The van der Waals surface area contributed by atoms with Crippen LogP contribution in [0.25, 0.3) is 0 Å². The van der Waals surface area contributed by atoms with Gasteiger partial charge in [0.05, 0.1) is 11.4 Å². The van der Waals surface area contributed by atoms with Crippen LogP contribution in [0.4, 0.5) is 13.2 Å². The fraction of sp³-hybridized carbons (Fsp3) is 0.364. The summed E-state index contributed by atoms with van der Waals surface area (Å²) in [5.41, 5.74) is 0.220. The second-order valence-corrected chi connectivity index (χ2v) is 5.08. The molecule has 0 aromatic heterocycles. The zero-order valence-corrected chi connectivity index (χ0v) is 11.7. The number of nitrogens with one attached hydrogen (secondary N) is 1. The summed E-state index contributed by atoms with van der Waals surface area (Å²) in [6.45, 7) is 1.30. The van der Waals surface area contributed by atoms with Crippen LogP contribution in [0.2, 0.25) is 5.02 Å². The van der Waals surface area contributed by atoms with Crippen molar-refractivity contribution in [1.29, 1.82) is 0 Å². The van der Waals surface area contributed by atoms with Crippen molar-refractivity contribution in [2.45, 2.75) is 25.6 Å². The summed E-state index contributed by atoms with van der Waals surface area (Å²) in [4.78, 5) is 11.7. The third-order valence-electron chi connectivity index (χ3n) is 2.10. The van der Waals surface area contributed by atoms with Crippen LogP contribution in [-0.4, -0.2) is 18.1 Å². The van der Waals surface area contributed by atoms with Crippen LogP contribution < -0.4 is 5.32 Å². The fourth-order valence-corrected chi connectivity index (χ4v) is 1.77. The molecule has 1 aromatic carbocycles. The molecule has 1 N–H and O–H groups in total. The summed E-state index contributed by atoms with van der Waals surface area (Å²) in [7, 11) is 0. The van der Waals surface area contributed by atoms with E-state index in [1.165, 1.54) is 19.1 Å². The SMILES string of the molecule is CC(CC(F)(F)F)NC(=O)c1ccc(Br)c(Cl)c1. The molecule has 0 aliphatic carbocycles. The van der Waals surface area contributed by atoms with E-state index >= 15 is 0 Å². The number of amides is 1. The summed E-state index contributed by atoms with van der Waals surface area (Å²) in [5.74, 6) is -0.582. The van der Waals surface area contributed by atoms with Crippen LogP contribution in [0.1, 0.15) is 23.7 Å². The van der Waals surface area contributed by atoms with Crippen molar-refractivity contribution < 1.29 is 18.0 Å². The Hall–Kier alpha value is -0.750. The Morgan fingerprint density at radius 2 is 2.11 bits per heavy atom. The van der Waals surface area contributed by atoms with E-state index in [9.17, 15) is 18.0 Å². The molecule has 1 amide bonds. The molecule has 0 radical (unpaired) electrons. The summed E-state index contributed by atoms with van der Waals surface area (Å²) in [6.07, 6.45) is -5.37. The standard InChI is InChI=1S/C11H10BrClF3NO/c1-6(5-11(14,15)16)17-10(18)7-2-3-8(12)9(13)4-7/h2-4,6H,5H2,1H3,(H,17,18). The molecule has 0 bridgehead atoms. The lowest BCUT2D eigenvalue weighted by molar-refractivity contribution is -0.138. The minimum atomic E-state index is -4.30. The van der Waals surface area contributed by atoms with Crippen LogP contribution in [0.15, 0.2) is 22.7 Å². The molecular weight excluding hydrogens is 334 g/mol. The Bertz CT molecular complexity index is 450. The maximum atomic E-state index is 12.1. The highest BCUT2D eigenvalue weighted by Gasteiger charge is 2.30. The fourth-order valence-electron chi connectivity index (χ4n) is 1.34. The van der Waals surface area contributed by atoms with Crippen molar-refractivity contribution in [3.63, 3.8) is 0 Å². The van der Waals surface area contributed by atoms with Crippen LogP contribution in [0.5, 0.6) is 0 Å². The molecular formula is C11H10BrClF3NO. The van der Waals surface area contributed by atoms with Crippen molar-refractivity contribution in [3.8, 4) is 0 Å². The van der Waals surface area contributed by atoms with Gasteiger partial charge in [-0.15, -0.1) is 0 Å². The first-order chi connectivity index (χ1) is 8.19. The van der Waals surface area contributed by atoms with Gasteiger partial charge < -0.3 is 5.32 Å². The molecule has 7 heteroatoms. The van der Waals surface area contributed by atoms with Crippen molar-refractivity contribution in [2.24, 2.45) is 0 Å². The van der Waals surface area contributed by atoms with E-state index in [1.807, 2.05) is 0 Å². The lowest BCUT2D eigenvalue weighted by atomic mass is 10.1. The summed E-state index contributed by atoms with van der Waals surface area (Å²) in [6, 6.07) is 3.44. The van der Waals surface area contributed by atoms with Crippen molar-refractivity contribution in [1.82, 2.24) is 5.32 Å². The summed E-state index contributed by atoms with van der Waals surface area (Å²) in [5, 5.41) is 2.59. The molecule has 0 saturated carbocycles. The highest BCUT2D eigenvalue weighted by atomic mass is 79.9. The van der Waals surface area contributed by atoms with E-state index in [4.69, 9.17) is 11.6 Å². The Kier molecular flexibility index (Phi) is 5.04. The molecule has 1 aromatic rings. The van der Waals surface area contributed by atoms with Crippen LogP contribution >= 0.6 is 27.5 Å². The molecule has 0 aliphatic rings. The number of hydrogen-bond acceptors (Lipinski definition) is 1. The third kappa shape index (κ3) is 4.86. The van der Waals surface area contributed by atoms with Crippen molar-refractivity contribution in [2.75, 3.05) is 0 Å². The normalized spacial score (nSPS) is 13.2. The quantitative estimate of drug-likeness (QED) is 0.876. The number of alkyl halides is 3. The lowest BCUT2D eigenvalue weighted by Gasteiger charge is -2.15. The van der Waals surface area contributed by atoms with Crippen LogP contribution in [0, 0.1) is 0 Å². The Labute approximate surface area is 116 Å². The van der Waals surface area contributed by atoms with Gasteiger partial charge in [-0.2, -0.15) is 13.2 Å². The molecule has 18 heavy (non-hydrogen) atoms. The number of rotatable bonds is 3. The molecule has 0 aliphatic heterocycles. The van der Waals surface area contributed by atoms with Gasteiger partial charge in [0.15, 0.2) is 0 Å². The van der Waals surface area contributed by atoms with E-state index in [0.717, 1.165) is 0 Å². The van der Waals surface area contributed by atoms with Gasteiger partial charge in [-0.1, -0.05) is 11.6 Å². The Balaban J connectivity index is 2.68. The average Bonchev–Trinajstić information content (AvgIpc) is 2.18. The lowest BCUT2D eigenvalue weighted by Crippen LogP contribution is -2.35. The summed E-state index contributed by atoms with van der Waals surface area (Å²) < 4.78 is 36.9. The van der Waals surface area contributed by atoms with E-state index in [1.54, 1.807) is 6.07 Å². The minimum Gasteiger partial charge on any atom is -0.349 e. The molecule has 0 heterocycles. The zero-order valence-electron chi connectivity index (χ0n) is 9.31. The third-order valence-corrected chi connectivity index (χ3v) is 3.33.